The SMILES string of the molecule is Nc1ccc(Cc2ccccn2)nn1. The average Bonchev–Trinajstić information content (AvgIpc) is 2.23. The Morgan fingerprint density at radius 1 is 1.00 bits per heavy atom. The van der Waals surface area contributed by atoms with Crippen molar-refractivity contribution in [1.29, 1.82) is 0 Å². The first-order valence-electron chi connectivity index (χ1n) is 4.32. The summed E-state index contributed by atoms with van der Waals surface area (Å²) in [5.41, 5.74) is 7.28. The van der Waals surface area contributed by atoms with E-state index in [1.807, 2.05) is 24.3 Å². The lowest BCUT2D eigenvalue weighted by molar-refractivity contribution is 0.924. The highest BCUT2D eigenvalue weighted by atomic mass is 15.1. The van der Waals surface area contributed by atoms with E-state index in [0.717, 1.165) is 11.4 Å². The van der Waals surface area contributed by atoms with Crippen LogP contribution < -0.4 is 5.73 Å². The summed E-state index contributed by atoms with van der Waals surface area (Å²) in [5.74, 6) is 0.440. The number of rotatable bonds is 2. The molecule has 2 heterocycles. The van der Waals surface area contributed by atoms with Crippen molar-refractivity contribution in [2.24, 2.45) is 0 Å². The maximum atomic E-state index is 5.43. The van der Waals surface area contributed by atoms with Gasteiger partial charge in [0.1, 0.15) is 5.82 Å². The van der Waals surface area contributed by atoms with E-state index < -0.39 is 0 Å². The molecule has 4 nitrogen and oxygen atoms in total. The molecule has 0 saturated heterocycles. The predicted molar refractivity (Wildman–Crippen MR) is 53.5 cm³/mol. The third kappa shape index (κ3) is 2.04. The second-order valence-electron chi connectivity index (χ2n) is 2.95. The fourth-order valence-corrected chi connectivity index (χ4v) is 1.15. The van der Waals surface area contributed by atoms with E-state index >= 15 is 0 Å². The topological polar surface area (TPSA) is 64.7 Å². The number of hydrogen-bond donors (Lipinski definition) is 1. The molecule has 2 N–H and O–H groups in total. The summed E-state index contributed by atoms with van der Waals surface area (Å²) in [6, 6.07) is 9.39. The standard InChI is InChI=1S/C10H10N4/c11-10-5-4-9(13-14-10)7-8-3-1-2-6-12-8/h1-6H,7H2,(H2,11,14). The van der Waals surface area contributed by atoms with Gasteiger partial charge in [-0.25, -0.2) is 0 Å². The lowest BCUT2D eigenvalue weighted by Crippen LogP contribution is -1.98. The van der Waals surface area contributed by atoms with Crippen LogP contribution in [-0.2, 0) is 6.42 Å². The summed E-state index contributed by atoms with van der Waals surface area (Å²) in [6.07, 6.45) is 2.45. The minimum atomic E-state index is 0.440. The first-order valence-corrected chi connectivity index (χ1v) is 4.32. The molecular formula is C10H10N4. The Kier molecular flexibility index (Phi) is 2.36. The maximum absolute atomic E-state index is 5.43. The molecule has 0 unspecified atom stereocenters. The van der Waals surface area contributed by atoms with Crippen molar-refractivity contribution in [1.82, 2.24) is 15.2 Å². The molecule has 2 rings (SSSR count). The van der Waals surface area contributed by atoms with Gasteiger partial charge in [0.25, 0.3) is 0 Å². The molecule has 0 bridgehead atoms. The lowest BCUT2D eigenvalue weighted by Gasteiger charge is -1.98. The molecule has 0 radical (unpaired) electrons. The Bertz CT molecular complexity index is 396. The molecule has 70 valence electrons. The lowest BCUT2D eigenvalue weighted by atomic mass is 10.2. The Balaban J connectivity index is 2.16. The fraction of sp³-hybridized carbons (Fsp3) is 0.100. The van der Waals surface area contributed by atoms with Gasteiger partial charge >= 0.3 is 0 Å². The summed E-state index contributed by atoms with van der Waals surface area (Å²) < 4.78 is 0. The van der Waals surface area contributed by atoms with Crippen LogP contribution in [0.3, 0.4) is 0 Å². The largest absolute Gasteiger partial charge is 0.382 e. The van der Waals surface area contributed by atoms with Crippen LogP contribution in [0.25, 0.3) is 0 Å². The maximum Gasteiger partial charge on any atom is 0.146 e. The number of aromatic nitrogens is 3. The molecule has 0 aliphatic heterocycles. The second-order valence-corrected chi connectivity index (χ2v) is 2.95. The van der Waals surface area contributed by atoms with Gasteiger partial charge in [-0.05, 0) is 24.3 Å². The number of pyridine rings is 1. The van der Waals surface area contributed by atoms with Crippen molar-refractivity contribution >= 4 is 5.82 Å². The van der Waals surface area contributed by atoms with Crippen molar-refractivity contribution in [2.45, 2.75) is 6.42 Å². The zero-order chi connectivity index (χ0) is 9.80. The third-order valence-corrected chi connectivity index (χ3v) is 1.83. The molecule has 14 heavy (non-hydrogen) atoms. The summed E-state index contributed by atoms with van der Waals surface area (Å²) >= 11 is 0. The smallest absolute Gasteiger partial charge is 0.146 e. The van der Waals surface area contributed by atoms with Crippen molar-refractivity contribution in [3.05, 3.63) is 47.9 Å². The molecular weight excluding hydrogens is 176 g/mol. The number of hydrogen-bond acceptors (Lipinski definition) is 4. The molecule has 0 aliphatic carbocycles. The molecule has 0 aromatic carbocycles. The van der Waals surface area contributed by atoms with Crippen molar-refractivity contribution < 1.29 is 0 Å². The van der Waals surface area contributed by atoms with E-state index in [9.17, 15) is 0 Å². The van der Waals surface area contributed by atoms with E-state index in [4.69, 9.17) is 5.73 Å². The molecule has 4 heteroatoms. The van der Waals surface area contributed by atoms with Crippen LogP contribution in [0, 0.1) is 0 Å². The average molecular weight is 186 g/mol. The van der Waals surface area contributed by atoms with Gasteiger partial charge < -0.3 is 5.73 Å². The summed E-state index contributed by atoms with van der Waals surface area (Å²) in [4.78, 5) is 4.20. The van der Waals surface area contributed by atoms with Gasteiger partial charge in [0, 0.05) is 18.3 Å². The molecule has 2 aromatic rings. The summed E-state index contributed by atoms with van der Waals surface area (Å²) in [6.45, 7) is 0. The van der Waals surface area contributed by atoms with E-state index in [1.165, 1.54) is 0 Å². The first kappa shape index (κ1) is 8.62. The number of nitrogens with zero attached hydrogens (tertiary/aromatic N) is 3. The zero-order valence-electron chi connectivity index (χ0n) is 7.59. The van der Waals surface area contributed by atoms with Crippen molar-refractivity contribution in [3.63, 3.8) is 0 Å². The number of nitrogen functional groups attached to an aromatic ring is 1. The highest BCUT2D eigenvalue weighted by molar-refractivity contribution is 5.26. The predicted octanol–water partition coefficient (Wildman–Crippen LogP) is 1.04. The quantitative estimate of drug-likeness (QED) is 0.761. The van der Waals surface area contributed by atoms with Crippen LogP contribution in [0.1, 0.15) is 11.4 Å². The molecule has 0 fully saturated rings. The van der Waals surface area contributed by atoms with E-state index in [0.29, 0.717) is 12.2 Å². The van der Waals surface area contributed by atoms with E-state index in [1.54, 1.807) is 12.3 Å². The van der Waals surface area contributed by atoms with Crippen LogP contribution >= 0.6 is 0 Å². The van der Waals surface area contributed by atoms with Crippen LogP contribution in [0.2, 0.25) is 0 Å². The van der Waals surface area contributed by atoms with Crippen LogP contribution in [0.15, 0.2) is 36.5 Å². The molecule has 0 amide bonds. The van der Waals surface area contributed by atoms with Gasteiger partial charge in [-0.15, -0.1) is 5.10 Å². The highest BCUT2D eigenvalue weighted by Crippen LogP contribution is 2.03. The van der Waals surface area contributed by atoms with Gasteiger partial charge in [-0.3, -0.25) is 4.98 Å². The molecule has 0 spiro atoms. The van der Waals surface area contributed by atoms with Gasteiger partial charge in [0.15, 0.2) is 0 Å². The zero-order valence-corrected chi connectivity index (χ0v) is 7.59. The van der Waals surface area contributed by atoms with E-state index in [2.05, 4.69) is 15.2 Å². The Morgan fingerprint density at radius 2 is 1.93 bits per heavy atom. The normalized spacial score (nSPS) is 10.0. The minimum absolute atomic E-state index is 0.440. The molecule has 0 atom stereocenters. The Morgan fingerprint density at radius 3 is 2.57 bits per heavy atom. The van der Waals surface area contributed by atoms with Gasteiger partial charge in [-0.1, -0.05) is 6.07 Å². The molecule has 2 aromatic heterocycles. The summed E-state index contributed by atoms with van der Waals surface area (Å²) in [7, 11) is 0. The van der Waals surface area contributed by atoms with Crippen LogP contribution in [0.5, 0.6) is 0 Å². The first-order chi connectivity index (χ1) is 6.84. The summed E-state index contributed by atoms with van der Waals surface area (Å²) in [5, 5.41) is 7.73. The van der Waals surface area contributed by atoms with Crippen LogP contribution in [-0.4, -0.2) is 15.2 Å². The number of nitrogens with two attached hydrogens (primary N) is 1. The van der Waals surface area contributed by atoms with Crippen molar-refractivity contribution in [3.8, 4) is 0 Å². The van der Waals surface area contributed by atoms with Gasteiger partial charge in [-0.2, -0.15) is 5.10 Å². The third-order valence-electron chi connectivity index (χ3n) is 1.83. The van der Waals surface area contributed by atoms with Gasteiger partial charge in [0.2, 0.25) is 0 Å². The fourth-order valence-electron chi connectivity index (χ4n) is 1.15. The van der Waals surface area contributed by atoms with Crippen molar-refractivity contribution in [2.75, 3.05) is 5.73 Å². The van der Waals surface area contributed by atoms with E-state index in [-0.39, 0.29) is 0 Å². The van der Waals surface area contributed by atoms with Crippen LogP contribution in [0.4, 0.5) is 5.82 Å². The molecule has 0 aliphatic rings. The minimum Gasteiger partial charge on any atom is -0.382 e. The molecule has 0 saturated carbocycles. The van der Waals surface area contributed by atoms with Gasteiger partial charge in [0.05, 0.1) is 5.69 Å². The monoisotopic (exact) mass is 186 g/mol. The Hall–Kier alpha value is -1.97. The second kappa shape index (κ2) is 3.83. The number of anilines is 1. The Labute approximate surface area is 81.8 Å². The highest BCUT2D eigenvalue weighted by Gasteiger charge is 1.98.